The zero-order valence-electron chi connectivity index (χ0n) is 13.0. The van der Waals surface area contributed by atoms with E-state index >= 15 is 0 Å². The van der Waals surface area contributed by atoms with Crippen molar-refractivity contribution in [2.24, 2.45) is 7.05 Å². The van der Waals surface area contributed by atoms with E-state index in [4.69, 9.17) is 4.52 Å². The monoisotopic (exact) mass is 311 g/mol. The maximum absolute atomic E-state index is 11.9. The molecule has 7 nitrogen and oxygen atoms in total. The van der Waals surface area contributed by atoms with Gasteiger partial charge in [0.05, 0.1) is 0 Å². The van der Waals surface area contributed by atoms with Crippen LogP contribution >= 0.6 is 0 Å². The van der Waals surface area contributed by atoms with Crippen molar-refractivity contribution in [2.75, 3.05) is 5.32 Å². The van der Waals surface area contributed by atoms with Crippen LogP contribution in [0.25, 0.3) is 11.4 Å². The lowest BCUT2D eigenvalue weighted by Gasteiger charge is -2.03. The Bertz CT molecular complexity index is 821. The van der Waals surface area contributed by atoms with Crippen molar-refractivity contribution in [1.82, 2.24) is 19.7 Å². The molecule has 0 atom stereocenters. The molecule has 0 unspecified atom stereocenters. The fourth-order valence-electron chi connectivity index (χ4n) is 2.18. The minimum Gasteiger partial charge on any atom is -0.339 e. The van der Waals surface area contributed by atoms with Gasteiger partial charge < -0.3 is 9.09 Å². The maximum Gasteiger partial charge on any atom is 0.227 e. The third-order valence-corrected chi connectivity index (χ3v) is 3.49. The van der Waals surface area contributed by atoms with Crippen LogP contribution in [0.4, 0.5) is 5.95 Å². The number of nitrogens with one attached hydrogen (secondary N) is 1. The molecule has 0 aliphatic heterocycles. The third kappa shape index (κ3) is 3.45. The van der Waals surface area contributed by atoms with Gasteiger partial charge in [0, 0.05) is 37.8 Å². The van der Waals surface area contributed by atoms with Crippen molar-refractivity contribution in [3.8, 4) is 11.4 Å². The third-order valence-electron chi connectivity index (χ3n) is 3.49. The van der Waals surface area contributed by atoms with Crippen molar-refractivity contribution in [2.45, 2.75) is 19.8 Å². The summed E-state index contributed by atoms with van der Waals surface area (Å²) in [6.45, 7) is 1.99. The van der Waals surface area contributed by atoms with Crippen LogP contribution in [0.5, 0.6) is 0 Å². The van der Waals surface area contributed by atoms with E-state index < -0.39 is 0 Å². The summed E-state index contributed by atoms with van der Waals surface area (Å²) in [6, 6.07) is 7.82. The van der Waals surface area contributed by atoms with Crippen LogP contribution in [0.1, 0.15) is 17.9 Å². The Morgan fingerprint density at radius 3 is 2.91 bits per heavy atom. The van der Waals surface area contributed by atoms with Crippen LogP contribution in [0.3, 0.4) is 0 Å². The molecule has 1 amide bonds. The molecule has 0 bridgehead atoms. The quantitative estimate of drug-likeness (QED) is 0.781. The number of benzene rings is 1. The number of carbonyl (C=O) groups is 1. The van der Waals surface area contributed by atoms with E-state index in [1.807, 2.05) is 38.2 Å². The van der Waals surface area contributed by atoms with E-state index in [2.05, 4.69) is 20.4 Å². The number of aromatic nitrogens is 4. The molecule has 0 aliphatic carbocycles. The average molecular weight is 311 g/mol. The number of nitrogens with zero attached hydrogens (tertiary/aromatic N) is 4. The first kappa shape index (κ1) is 15.0. The highest BCUT2D eigenvalue weighted by molar-refractivity contribution is 5.89. The van der Waals surface area contributed by atoms with Crippen molar-refractivity contribution < 1.29 is 9.32 Å². The van der Waals surface area contributed by atoms with Gasteiger partial charge in [0.1, 0.15) is 0 Å². The summed E-state index contributed by atoms with van der Waals surface area (Å²) in [7, 11) is 1.81. The van der Waals surface area contributed by atoms with Crippen LogP contribution in [-0.2, 0) is 18.3 Å². The van der Waals surface area contributed by atoms with Crippen LogP contribution in [-0.4, -0.2) is 25.6 Å². The summed E-state index contributed by atoms with van der Waals surface area (Å²) < 4.78 is 6.96. The number of rotatable bonds is 5. The number of amides is 1. The van der Waals surface area contributed by atoms with Crippen LogP contribution < -0.4 is 5.32 Å². The molecule has 23 heavy (non-hydrogen) atoms. The lowest BCUT2D eigenvalue weighted by atomic mass is 10.1. The van der Waals surface area contributed by atoms with Gasteiger partial charge in [0.15, 0.2) is 0 Å². The summed E-state index contributed by atoms with van der Waals surface area (Å²) in [4.78, 5) is 20.3. The minimum atomic E-state index is -0.144. The Hall–Kier alpha value is -2.96. The van der Waals surface area contributed by atoms with Gasteiger partial charge in [-0.15, -0.1) is 0 Å². The Morgan fingerprint density at radius 1 is 1.35 bits per heavy atom. The zero-order valence-corrected chi connectivity index (χ0v) is 13.0. The second-order valence-corrected chi connectivity index (χ2v) is 5.24. The second kappa shape index (κ2) is 6.43. The Morgan fingerprint density at radius 2 is 2.17 bits per heavy atom. The normalized spacial score (nSPS) is 10.7. The molecule has 0 spiro atoms. The highest BCUT2D eigenvalue weighted by Gasteiger charge is 2.12. The van der Waals surface area contributed by atoms with E-state index in [0.29, 0.717) is 24.1 Å². The Kier molecular flexibility index (Phi) is 4.18. The summed E-state index contributed by atoms with van der Waals surface area (Å²) in [5, 5.41) is 6.71. The highest BCUT2D eigenvalue weighted by Crippen LogP contribution is 2.20. The molecule has 0 fully saturated rings. The molecule has 7 heteroatoms. The molecular weight excluding hydrogens is 294 g/mol. The number of hydrogen-bond donors (Lipinski definition) is 1. The number of hydrogen-bond acceptors (Lipinski definition) is 5. The smallest absolute Gasteiger partial charge is 0.227 e. The predicted octanol–water partition coefficient (Wildman–Crippen LogP) is 2.35. The fourth-order valence-corrected chi connectivity index (χ4v) is 2.18. The molecule has 0 saturated heterocycles. The van der Waals surface area contributed by atoms with Gasteiger partial charge >= 0.3 is 0 Å². The van der Waals surface area contributed by atoms with Gasteiger partial charge in [-0.05, 0) is 12.5 Å². The number of imidazole rings is 1. The lowest BCUT2D eigenvalue weighted by molar-refractivity contribution is -0.116. The second-order valence-electron chi connectivity index (χ2n) is 5.24. The molecule has 2 aromatic heterocycles. The van der Waals surface area contributed by atoms with Crippen molar-refractivity contribution >= 4 is 11.9 Å². The van der Waals surface area contributed by atoms with Crippen LogP contribution in [0.2, 0.25) is 0 Å². The van der Waals surface area contributed by atoms with E-state index in [1.165, 1.54) is 0 Å². The standard InChI is InChI=1S/C16H17N5O2/c1-11-5-3-4-6-12(11)15-19-14(23-20-15)8-7-13(22)18-16-17-9-10-21(16)2/h3-6,9-10H,7-8H2,1-2H3,(H,17,18,22). The topological polar surface area (TPSA) is 85.8 Å². The van der Waals surface area contributed by atoms with Gasteiger partial charge in [0.2, 0.25) is 23.6 Å². The summed E-state index contributed by atoms with van der Waals surface area (Å²) in [5.74, 6) is 1.36. The number of carbonyl (C=O) groups excluding carboxylic acids is 1. The highest BCUT2D eigenvalue weighted by atomic mass is 16.5. The lowest BCUT2D eigenvalue weighted by Crippen LogP contribution is -2.15. The van der Waals surface area contributed by atoms with Crippen LogP contribution in [0.15, 0.2) is 41.2 Å². The first-order valence-corrected chi connectivity index (χ1v) is 7.29. The molecule has 1 N–H and O–H groups in total. The van der Waals surface area contributed by atoms with E-state index in [0.717, 1.165) is 11.1 Å². The van der Waals surface area contributed by atoms with Gasteiger partial charge in [-0.3, -0.25) is 10.1 Å². The Labute approximate surface area is 133 Å². The van der Waals surface area contributed by atoms with Crippen molar-refractivity contribution in [3.63, 3.8) is 0 Å². The number of anilines is 1. The zero-order chi connectivity index (χ0) is 16.2. The molecule has 118 valence electrons. The predicted molar refractivity (Wildman–Crippen MR) is 84.6 cm³/mol. The average Bonchev–Trinajstić information content (AvgIpc) is 3.16. The summed E-state index contributed by atoms with van der Waals surface area (Å²) in [5.41, 5.74) is 2.01. The Balaban J connectivity index is 1.60. The minimum absolute atomic E-state index is 0.144. The first-order valence-electron chi connectivity index (χ1n) is 7.29. The van der Waals surface area contributed by atoms with Gasteiger partial charge in [-0.25, -0.2) is 4.98 Å². The van der Waals surface area contributed by atoms with E-state index in [1.54, 1.807) is 17.0 Å². The molecule has 0 aliphatic rings. The van der Waals surface area contributed by atoms with Crippen LogP contribution in [0, 0.1) is 6.92 Å². The molecular formula is C16H17N5O2. The number of aryl methyl sites for hydroxylation is 3. The molecule has 0 saturated carbocycles. The van der Waals surface area contributed by atoms with Gasteiger partial charge in [0.25, 0.3) is 0 Å². The van der Waals surface area contributed by atoms with Crippen molar-refractivity contribution in [1.29, 1.82) is 0 Å². The first-order chi connectivity index (χ1) is 11.1. The van der Waals surface area contributed by atoms with E-state index in [9.17, 15) is 4.79 Å². The SMILES string of the molecule is Cc1ccccc1-c1noc(CCC(=O)Nc2nccn2C)n1. The molecule has 2 heterocycles. The molecule has 1 aromatic carbocycles. The van der Waals surface area contributed by atoms with Gasteiger partial charge in [-0.1, -0.05) is 29.4 Å². The maximum atomic E-state index is 11.9. The molecule has 0 radical (unpaired) electrons. The van der Waals surface area contributed by atoms with Crippen molar-refractivity contribution in [3.05, 3.63) is 48.1 Å². The fraction of sp³-hybridized carbons (Fsp3) is 0.250. The van der Waals surface area contributed by atoms with E-state index in [-0.39, 0.29) is 12.3 Å². The largest absolute Gasteiger partial charge is 0.339 e. The molecule has 3 aromatic rings. The molecule has 3 rings (SSSR count). The summed E-state index contributed by atoms with van der Waals surface area (Å²) in [6.07, 6.45) is 4.03. The van der Waals surface area contributed by atoms with Gasteiger partial charge in [-0.2, -0.15) is 4.98 Å². The summed E-state index contributed by atoms with van der Waals surface area (Å²) >= 11 is 0.